The third-order valence-electron chi connectivity index (χ3n) is 2.65. The van der Waals surface area contributed by atoms with E-state index in [0.29, 0.717) is 6.54 Å². The number of piperidine rings is 1. The number of allylic oxidation sites excluding steroid dienone is 2. The van der Waals surface area contributed by atoms with Gasteiger partial charge in [-0.25, -0.2) is 0 Å². The molecular formula is C12H20N2O. The number of hydrogen-bond donors (Lipinski definition) is 1. The molecule has 0 saturated carbocycles. The maximum Gasteiger partial charge on any atom is 0.253 e. The lowest BCUT2D eigenvalue weighted by atomic mass is 10.1. The predicted molar refractivity (Wildman–Crippen MR) is 62.4 cm³/mol. The van der Waals surface area contributed by atoms with Crippen LogP contribution in [0.25, 0.3) is 0 Å². The van der Waals surface area contributed by atoms with Gasteiger partial charge in [0.05, 0.1) is 0 Å². The SMILES string of the molecule is C/C=C\C(=C/C)C(=O)N1CCCC(N)C1. The summed E-state index contributed by atoms with van der Waals surface area (Å²) in [5.41, 5.74) is 6.60. The molecule has 1 rings (SSSR count). The van der Waals surface area contributed by atoms with Gasteiger partial charge in [0.15, 0.2) is 0 Å². The van der Waals surface area contributed by atoms with Gasteiger partial charge >= 0.3 is 0 Å². The molecule has 0 bridgehead atoms. The van der Waals surface area contributed by atoms with Gasteiger partial charge in [-0.2, -0.15) is 0 Å². The van der Waals surface area contributed by atoms with Crippen LogP contribution < -0.4 is 5.73 Å². The van der Waals surface area contributed by atoms with E-state index < -0.39 is 0 Å². The first-order valence-corrected chi connectivity index (χ1v) is 5.53. The van der Waals surface area contributed by atoms with Gasteiger partial charge in [-0.05, 0) is 26.7 Å². The number of nitrogens with two attached hydrogens (primary N) is 1. The van der Waals surface area contributed by atoms with Crippen molar-refractivity contribution >= 4 is 5.91 Å². The molecule has 0 aromatic rings. The Kier molecular flexibility index (Phi) is 4.56. The molecule has 0 spiro atoms. The standard InChI is InChI=1S/C12H20N2O/c1-3-6-10(4-2)12(15)14-8-5-7-11(13)9-14/h3-4,6,11H,5,7-9,13H2,1-2H3/b6-3-,10-4+. The number of carbonyl (C=O) groups is 1. The Balaban J connectivity index is 2.66. The summed E-state index contributed by atoms with van der Waals surface area (Å²) < 4.78 is 0. The highest BCUT2D eigenvalue weighted by Gasteiger charge is 2.22. The fourth-order valence-electron chi connectivity index (χ4n) is 1.85. The van der Waals surface area contributed by atoms with Crippen molar-refractivity contribution in [3.05, 3.63) is 23.8 Å². The Hall–Kier alpha value is -1.09. The molecule has 3 nitrogen and oxygen atoms in total. The molecule has 1 unspecified atom stereocenters. The second-order valence-corrected chi connectivity index (χ2v) is 3.90. The molecular weight excluding hydrogens is 188 g/mol. The summed E-state index contributed by atoms with van der Waals surface area (Å²) in [5, 5.41) is 0. The molecule has 1 saturated heterocycles. The van der Waals surface area contributed by atoms with Crippen LogP contribution in [0.1, 0.15) is 26.7 Å². The molecule has 0 aromatic heterocycles. The van der Waals surface area contributed by atoms with Crippen LogP contribution in [-0.4, -0.2) is 29.9 Å². The van der Waals surface area contributed by atoms with Crippen molar-refractivity contribution in [2.75, 3.05) is 13.1 Å². The van der Waals surface area contributed by atoms with Crippen LogP contribution in [0, 0.1) is 0 Å². The minimum atomic E-state index is 0.103. The predicted octanol–water partition coefficient (Wildman–Crippen LogP) is 1.46. The van der Waals surface area contributed by atoms with Gasteiger partial charge in [0, 0.05) is 24.7 Å². The maximum atomic E-state index is 12.0. The Bertz CT molecular complexity index is 281. The summed E-state index contributed by atoms with van der Waals surface area (Å²) in [6.45, 7) is 5.32. The zero-order valence-electron chi connectivity index (χ0n) is 9.57. The van der Waals surface area contributed by atoms with Gasteiger partial charge < -0.3 is 10.6 Å². The normalized spacial score (nSPS) is 23.5. The smallest absolute Gasteiger partial charge is 0.253 e. The van der Waals surface area contributed by atoms with E-state index in [1.54, 1.807) is 0 Å². The van der Waals surface area contributed by atoms with Crippen molar-refractivity contribution in [1.29, 1.82) is 0 Å². The van der Waals surface area contributed by atoms with Gasteiger partial charge in [-0.1, -0.05) is 18.2 Å². The minimum Gasteiger partial charge on any atom is -0.337 e. The fourth-order valence-corrected chi connectivity index (χ4v) is 1.85. The monoisotopic (exact) mass is 208 g/mol. The van der Waals surface area contributed by atoms with E-state index in [2.05, 4.69) is 0 Å². The van der Waals surface area contributed by atoms with E-state index in [1.807, 2.05) is 37.0 Å². The fraction of sp³-hybridized carbons (Fsp3) is 0.583. The second kappa shape index (κ2) is 5.71. The average molecular weight is 208 g/mol. The minimum absolute atomic E-state index is 0.103. The van der Waals surface area contributed by atoms with E-state index >= 15 is 0 Å². The lowest BCUT2D eigenvalue weighted by Gasteiger charge is -2.31. The van der Waals surface area contributed by atoms with Crippen molar-refractivity contribution < 1.29 is 4.79 Å². The summed E-state index contributed by atoms with van der Waals surface area (Å²) in [6.07, 6.45) is 7.63. The highest BCUT2D eigenvalue weighted by Crippen LogP contribution is 2.12. The van der Waals surface area contributed by atoms with Crippen LogP contribution >= 0.6 is 0 Å². The zero-order valence-corrected chi connectivity index (χ0v) is 9.57. The first-order valence-electron chi connectivity index (χ1n) is 5.53. The molecule has 1 fully saturated rings. The number of carbonyl (C=O) groups excluding carboxylic acids is 1. The maximum absolute atomic E-state index is 12.0. The van der Waals surface area contributed by atoms with Crippen LogP contribution in [0.5, 0.6) is 0 Å². The molecule has 0 aliphatic carbocycles. The topological polar surface area (TPSA) is 46.3 Å². The van der Waals surface area contributed by atoms with Crippen LogP contribution in [-0.2, 0) is 4.79 Å². The first-order chi connectivity index (χ1) is 7.19. The van der Waals surface area contributed by atoms with Crippen molar-refractivity contribution in [3.8, 4) is 0 Å². The number of likely N-dealkylation sites (tertiary alicyclic amines) is 1. The van der Waals surface area contributed by atoms with E-state index in [4.69, 9.17) is 5.73 Å². The molecule has 84 valence electrons. The lowest BCUT2D eigenvalue weighted by Crippen LogP contribution is -2.46. The molecule has 1 heterocycles. The van der Waals surface area contributed by atoms with Crippen LogP contribution in [0.3, 0.4) is 0 Å². The molecule has 1 atom stereocenters. The quantitative estimate of drug-likeness (QED) is 0.551. The largest absolute Gasteiger partial charge is 0.337 e. The highest BCUT2D eigenvalue weighted by molar-refractivity contribution is 5.96. The van der Waals surface area contributed by atoms with Crippen molar-refractivity contribution in [1.82, 2.24) is 4.90 Å². The number of hydrogen-bond acceptors (Lipinski definition) is 2. The van der Waals surface area contributed by atoms with Crippen LogP contribution in [0.4, 0.5) is 0 Å². The second-order valence-electron chi connectivity index (χ2n) is 3.90. The van der Waals surface area contributed by atoms with Gasteiger partial charge in [0.25, 0.3) is 5.91 Å². The average Bonchev–Trinajstić information content (AvgIpc) is 2.25. The first kappa shape index (κ1) is 12.0. The molecule has 2 N–H and O–H groups in total. The van der Waals surface area contributed by atoms with Crippen molar-refractivity contribution in [2.45, 2.75) is 32.7 Å². The number of nitrogens with zero attached hydrogens (tertiary/aromatic N) is 1. The molecule has 1 aliphatic rings. The Labute approximate surface area is 91.6 Å². The van der Waals surface area contributed by atoms with Crippen molar-refractivity contribution in [2.24, 2.45) is 5.73 Å². The van der Waals surface area contributed by atoms with E-state index in [0.717, 1.165) is 25.0 Å². The van der Waals surface area contributed by atoms with Crippen molar-refractivity contribution in [3.63, 3.8) is 0 Å². The van der Waals surface area contributed by atoms with Gasteiger partial charge in [0.2, 0.25) is 0 Å². The molecule has 15 heavy (non-hydrogen) atoms. The van der Waals surface area contributed by atoms with Crippen LogP contribution in [0.15, 0.2) is 23.8 Å². The molecule has 1 aliphatic heterocycles. The summed E-state index contributed by atoms with van der Waals surface area (Å²) in [4.78, 5) is 13.9. The Morgan fingerprint density at radius 3 is 2.73 bits per heavy atom. The summed E-state index contributed by atoms with van der Waals surface area (Å²) in [5.74, 6) is 0.103. The number of amides is 1. The van der Waals surface area contributed by atoms with Gasteiger partial charge in [-0.15, -0.1) is 0 Å². The number of rotatable bonds is 2. The van der Waals surface area contributed by atoms with Crippen LogP contribution in [0.2, 0.25) is 0 Å². The molecule has 0 radical (unpaired) electrons. The van der Waals surface area contributed by atoms with Gasteiger partial charge in [0.1, 0.15) is 0 Å². The third-order valence-corrected chi connectivity index (χ3v) is 2.65. The van der Waals surface area contributed by atoms with E-state index in [1.165, 1.54) is 0 Å². The molecule has 0 aromatic carbocycles. The Morgan fingerprint density at radius 1 is 1.47 bits per heavy atom. The lowest BCUT2D eigenvalue weighted by molar-refractivity contribution is -0.127. The third kappa shape index (κ3) is 3.20. The summed E-state index contributed by atoms with van der Waals surface area (Å²) in [6, 6.07) is 0.145. The van der Waals surface area contributed by atoms with Gasteiger partial charge in [-0.3, -0.25) is 4.79 Å². The summed E-state index contributed by atoms with van der Waals surface area (Å²) in [7, 11) is 0. The summed E-state index contributed by atoms with van der Waals surface area (Å²) >= 11 is 0. The molecule has 3 heteroatoms. The Morgan fingerprint density at radius 2 is 2.20 bits per heavy atom. The highest BCUT2D eigenvalue weighted by atomic mass is 16.2. The molecule has 1 amide bonds. The zero-order chi connectivity index (χ0) is 11.3. The van der Waals surface area contributed by atoms with E-state index in [-0.39, 0.29) is 11.9 Å². The van der Waals surface area contributed by atoms with E-state index in [9.17, 15) is 4.79 Å².